The largest absolute Gasteiger partial charge is 0.481 e. The molecule has 0 saturated heterocycles. The zero-order valence-electron chi connectivity index (χ0n) is 16.2. The number of aliphatic carboxylic acids is 1. The van der Waals surface area contributed by atoms with Crippen LogP contribution in [0.2, 0.25) is 10.0 Å². The summed E-state index contributed by atoms with van der Waals surface area (Å²) in [5.74, 6) is 0.568. The Morgan fingerprint density at radius 3 is 2.47 bits per heavy atom. The lowest BCUT2D eigenvalue weighted by molar-refractivity contribution is -0.135. The van der Waals surface area contributed by atoms with Gasteiger partial charge in [-0.3, -0.25) is 4.79 Å². The van der Waals surface area contributed by atoms with E-state index in [-0.39, 0.29) is 6.42 Å². The lowest BCUT2D eigenvalue weighted by Gasteiger charge is -2.09. The van der Waals surface area contributed by atoms with Gasteiger partial charge >= 0.3 is 5.97 Å². The molecule has 0 amide bonds. The van der Waals surface area contributed by atoms with Gasteiger partial charge in [-0.05, 0) is 77.2 Å². The first-order valence-electron chi connectivity index (χ1n) is 9.39. The van der Waals surface area contributed by atoms with E-state index < -0.39 is 5.97 Å². The van der Waals surface area contributed by atoms with Crippen molar-refractivity contribution in [3.05, 3.63) is 99.0 Å². The van der Waals surface area contributed by atoms with Crippen molar-refractivity contribution in [2.45, 2.75) is 13.3 Å². The van der Waals surface area contributed by atoms with Gasteiger partial charge in [-0.25, -0.2) is 0 Å². The fourth-order valence-electron chi connectivity index (χ4n) is 3.66. The molecular formula is C25H18Cl2O3. The summed E-state index contributed by atoms with van der Waals surface area (Å²) >= 11 is 12.7. The van der Waals surface area contributed by atoms with E-state index in [1.165, 1.54) is 0 Å². The second-order valence-electron chi connectivity index (χ2n) is 7.03. The van der Waals surface area contributed by atoms with Crippen LogP contribution < -0.4 is 4.74 Å². The Balaban J connectivity index is 1.77. The zero-order valence-corrected chi connectivity index (χ0v) is 17.7. The lowest BCUT2D eigenvalue weighted by atomic mass is 10.0. The second-order valence-corrected chi connectivity index (χ2v) is 7.87. The van der Waals surface area contributed by atoms with E-state index in [1.807, 2.05) is 73.7 Å². The first kappa shape index (κ1) is 20.3. The molecule has 1 aliphatic carbocycles. The number of hydrogen-bond acceptors (Lipinski definition) is 2. The Labute approximate surface area is 184 Å². The monoisotopic (exact) mass is 436 g/mol. The Morgan fingerprint density at radius 1 is 1.00 bits per heavy atom. The molecule has 3 aromatic rings. The van der Waals surface area contributed by atoms with Crippen molar-refractivity contribution in [2.75, 3.05) is 0 Å². The number of carbonyl (C=O) groups is 1. The number of allylic oxidation sites excluding steroid dienone is 2. The number of ether oxygens (including phenoxy) is 1. The van der Waals surface area contributed by atoms with Gasteiger partial charge in [-0.2, -0.15) is 0 Å². The molecule has 30 heavy (non-hydrogen) atoms. The molecule has 0 fully saturated rings. The molecule has 0 spiro atoms. The Bertz CT molecular complexity index is 1190. The normalized spacial score (nSPS) is 14.2. The van der Waals surface area contributed by atoms with Gasteiger partial charge in [-0.15, -0.1) is 0 Å². The molecule has 150 valence electrons. The van der Waals surface area contributed by atoms with Gasteiger partial charge in [0.05, 0.1) is 11.4 Å². The van der Waals surface area contributed by atoms with Gasteiger partial charge in [0.1, 0.15) is 11.5 Å². The van der Waals surface area contributed by atoms with E-state index in [2.05, 4.69) is 0 Å². The molecule has 0 saturated carbocycles. The Morgan fingerprint density at radius 2 is 1.73 bits per heavy atom. The van der Waals surface area contributed by atoms with Crippen LogP contribution in [-0.4, -0.2) is 11.1 Å². The van der Waals surface area contributed by atoms with Gasteiger partial charge < -0.3 is 9.84 Å². The molecule has 0 aliphatic heterocycles. The molecule has 0 heterocycles. The third-order valence-corrected chi connectivity index (χ3v) is 5.50. The van der Waals surface area contributed by atoms with Crippen LogP contribution >= 0.6 is 23.2 Å². The molecule has 0 unspecified atom stereocenters. The molecule has 1 N–H and O–H groups in total. The highest BCUT2D eigenvalue weighted by molar-refractivity contribution is 6.37. The van der Waals surface area contributed by atoms with Crippen molar-refractivity contribution in [1.82, 2.24) is 0 Å². The summed E-state index contributed by atoms with van der Waals surface area (Å²) in [6, 6.07) is 20.8. The molecule has 0 bridgehead atoms. The average Bonchev–Trinajstić information content (AvgIpc) is 2.94. The molecule has 3 nitrogen and oxygen atoms in total. The zero-order chi connectivity index (χ0) is 21.3. The number of hydrogen-bond donors (Lipinski definition) is 1. The van der Waals surface area contributed by atoms with E-state index >= 15 is 0 Å². The van der Waals surface area contributed by atoms with Crippen molar-refractivity contribution in [2.24, 2.45) is 0 Å². The molecule has 0 atom stereocenters. The predicted octanol–water partition coefficient (Wildman–Crippen LogP) is 7.59. The summed E-state index contributed by atoms with van der Waals surface area (Å²) in [5.41, 5.74) is 5.01. The van der Waals surface area contributed by atoms with Crippen LogP contribution in [0.4, 0.5) is 0 Å². The van der Waals surface area contributed by atoms with Crippen molar-refractivity contribution in [3.8, 4) is 11.5 Å². The summed E-state index contributed by atoms with van der Waals surface area (Å²) in [5, 5.41) is 10.3. The number of benzene rings is 3. The predicted molar refractivity (Wildman–Crippen MR) is 122 cm³/mol. The molecule has 1 aliphatic rings. The number of carboxylic acid groups (broad SMARTS) is 1. The first-order chi connectivity index (χ1) is 14.4. The quantitative estimate of drug-likeness (QED) is 0.447. The lowest BCUT2D eigenvalue weighted by Crippen LogP contribution is -1.97. The van der Waals surface area contributed by atoms with E-state index in [1.54, 1.807) is 6.07 Å². The highest BCUT2D eigenvalue weighted by Crippen LogP contribution is 2.47. The number of rotatable bonds is 5. The highest BCUT2D eigenvalue weighted by Gasteiger charge is 2.28. The smallest absolute Gasteiger partial charge is 0.307 e. The SMILES string of the molecule is CC1=C(CC(=O)O)c2c(Cl)cc(Cl)cc2/C1=C/c1cccc(Oc2ccccc2)c1. The van der Waals surface area contributed by atoms with Crippen LogP contribution in [0.5, 0.6) is 11.5 Å². The maximum Gasteiger partial charge on any atom is 0.307 e. The fourth-order valence-corrected chi connectivity index (χ4v) is 4.27. The number of fused-ring (bicyclic) bond motifs is 1. The Kier molecular flexibility index (Phi) is 5.67. The third kappa shape index (κ3) is 4.13. The van der Waals surface area contributed by atoms with Gasteiger partial charge in [-0.1, -0.05) is 53.5 Å². The number of carboxylic acids is 1. The summed E-state index contributed by atoms with van der Waals surface area (Å²) in [7, 11) is 0. The van der Waals surface area contributed by atoms with E-state index in [0.717, 1.165) is 33.6 Å². The first-order valence-corrected chi connectivity index (χ1v) is 10.1. The summed E-state index contributed by atoms with van der Waals surface area (Å²) in [6.45, 7) is 1.92. The minimum absolute atomic E-state index is 0.102. The van der Waals surface area contributed by atoms with Crippen molar-refractivity contribution in [3.63, 3.8) is 0 Å². The third-order valence-electron chi connectivity index (χ3n) is 4.98. The topological polar surface area (TPSA) is 46.5 Å². The summed E-state index contributed by atoms with van der Waals surface area (Å²) < 4.78 is 5.93. The number of para-hydroxylation sites is 1. The maximum absolute atomic E-state index is 11.4. The van der Waals surface area contributed by atoms with E-state index in [4.69, 9.17) is 27.9 Å². The Hall–Kier alpha value is -3.01. The molecular weight excluding hydrogens is 419 g/mol. The summed E-state index contributed by atoms with van der Waals surface area (Å²) in [4.78, 5) is 11.4. The van der Waals surface area contributed by atoms with Gasteiger partial charge in [0.15, 0.2) is 0 Å². The molecule has 0 aromatic heterocycles. The van der Waals surface area contributed by atoms with Crippen LogP contribution in [-0.2, 0) is 4.79 Å². The number of halogens is 2. The van der Waals surface area contributed by atoms with Gasteiger partial charge in [0.2, 0.25) is 0 Å². The van der Waals surface area contributed by atoms with Crippen LogP contribution in [0.15, 0.2) is 72.3 Å². The van der Waals surface area contributed by atoms with Crippen molar-refractivity contribution >= 4 is 46.4 Å². The van der Waals surface area contributed by atoms with E-state index in [9.17, 15) is 9.90 Å². The molecule has 4 rings (SSSR count). The summed E-state index contributed by atoms with van der Waals surface area (Å²) in [6.07, 6.45) is 1.90. The minimum Gasteiger partial charge on any atom is -0.481 e. The molecule has 0 radical (unpaired) electrons. The van der Waals surface area contributed by atoms with Crippen LogP contribution in [0.1, 0.15) is 30.0 Å². The van der Waals surface area contributed by atoms with Crippen LogP contribution in [0.3, 0.4) is 0 Å². The standard InChI is InChI=1S/C25H18Cl2O3/c1-15-20(22-12-17(26)13-23(27)25(22)21(15)14-24(28)29)11-16-6-5-9-19(10-16)30-18-7-3-2-4-8-18/h2-13H,14H2,1H3,(H,28,29)/b20-11+. The second kappa shape index (κ2) is 8.39. The van der Waals surface area contributed by atoms with Gasteiger partial charge in [0.25, 0.3) is 0 Å². The highest BCUT2D eigenvalue weighted by atomic mass is 35.5. The van der Waals surface area contributed by atoms with Crippen molar-refractivity contribution in [1.29, 1.82) is 0 Å². The fraction of sp³-hybridized carbons (Fsp3) is 0.0800. The average molecular weight is 437 g/mol. The maximum atomic E-state index is 11.4. The van der Waals surface area contributed by atoms with Crippen molar-refractivity contribution < 1.29 is 14.6 Å². The van der Waals surface area contributed by atoms with Crippen LogP contribution in [0, 0.1) is 0 Å². The van der Waals surface area contributed by atoms with E-state index in [0.29, 0.717) is 21.4 Å². The molecule has 3 aromatic carbocycles. The van der Waals surface area contributed by atoms with Crippen LogP contribution in [0.25, 0.3) is 17.2 Å². The molecule has 5 heteroatoms. The van der Waals surface area contributed by atoms with Gasteiger partial charge in [0, 0.05) is 10.6 Å². The minimum atomic E-state index is -0.902.